The third kappa shape index (κ3) is 3.07. The smallest absolute Gasteiger partial charge is 0.0949 e. The highest BCUT2D eigenvalue weighted by atomic mass is 16.5. The van der Waals surface area contributed by atoms with E-state index in [-0.39, 0.29) is 5.60 Å². The van der Waals surface area contributed by atoms with E-state index in [9.17, 15) is 0 Å². The maximum Gasteiger partial charge on any atom is 0.0949 e. The van der Waals surface area contributed by atoms with Gasteiger partial charge in [-0.2, -0.15) is 0 Å². The summed E-state index contributed by atoms with van der Waals surface area (Å²) in [5.74, 6) is 0.815. The van der Waals surface area contributed by atoms with Crippen LogP contribution in [0.5, 0.6) is 0 Å². The molecule has 3 aliphatic heterocycles. The van der Waals surface area contributed by atoms with Crippen molar-refractivity contribution in [3.8, 4) is 0 Å². The van der Waals surface area contributed by atoms with Crippen molar-refractivity contribution in [2.45, 2.75) is 43.7 Å². The molecule has 0 saturated carbocycles. The number of imidazole rings is 1. The summed E-state index contributed by atoms with van der Waals surface area (Å²) in [5, 5.41) is 0. The number of piperidine rings is 1. The lowest BCUT2D eigenvalue weighted by Gasteiger charge is -2.41. The van der Waals surface area contributed by atoms with Crippen molar-refractivity contribution in [3.63, 3.8) is 0 Å². The van der Waals surface area contributed by atoms with Crippen molar-refractivity contribution in [2.24, 2.45) is 5.92 Å². The molecule has 1 aromatic heterocycles. The predicted octanol–water partition coefficient (Wildman–Crippen LogP) is 2.11. The topological polar surface area (TPSA) is 39.5 Å². The highest BCUT2D eigenvalue weighted by Crippen LogP contribution is 2.39. The molecule has 1 aromatic rings. The van der Waals surface area contributed by atoms with Crippen molar-refractivity contribution in [2.75, 3.05) is 39.5 Å². The first-order chi connectivity index (χ1) is 10.8. The minimum absolute atomic E-state index is 0.0817. The summed E-state index contributed by atoms with van der Waals surface area (Å²) in [7, 11) is 0. The summed E-state index contributed by atoms with van der Waals surface area (Å²) in [6, 6.07) is 0.463. The Balaban J connectivity index is 1.36. The van der Waals surface area contributed by atoms with E-state index in [1.165, 1.54) is 38.8 Å². The Bertz CT molecular complexity index is 472. The first-order valence-corrected chi connectivity index (χ1v) is 8.75. The van der Waals surface area contributed by atoms with Gasteiger partial charge in [-0.25, -0.2) is 4.98 Å². The second-order valence-corrected chi connectivity index (χ2v) is 7.26. The van der Waals surface area contributed by atoms with Gasteiger partial charge in [-0.3, -0.25) is 0 Å². The summed E-state index contributed by atoms with van der Waals surface area (Å²) in [6.07, 6.45) is 11.9. The third-order valence-electron chi connectivity index (χ3n) is 5.61. The molecule has 3 saturated heterocycles. The van der Waals surface area contributed by atoms with Crippen molar-refractivity contribution >= 4 is 0 Å². The molecular weight excluding hydrogens is 278 g/mol. The van der Waals surface area contributed by atoms with Crippen LogP contribution in [0.4, 0.5) is 0 Å². The second kappa shape index (κ2) is 6.30. The van der Waals surface area contributed by atoms with E-state index < -0.39 is 0 Å². The van der Waals surface area contributed by atoms with Crippen LogP contribution in [-0.2, 0) is 9.47 Å². The predicted molar refractivity (Wildman–Crippen MR) is 83.8 cm³/mol. The molecule has 2 atom stereocenters. The minimum Gasteiger partial charge on any atom is -0.381 e. The van der Waals surface area contributed by atoms with Crippen LogP contribution in [0.3, 0.4) is 0 Å². The molecular formula is C17H27N3O2. The average molecular weight is 305 g/mol. The monoisotopic (exact) mass is 305 g/mol. The summed E-state index contributed by atoms with van der Waals surface area (Å²) in [5.41, 5.74) is 0.0817. The van der Waals surface area contributed by atoms with Crippen LogP contribution in [-0.4, -0.2) is 59.5 Å². The van der Waals surface area contributed by atoms with E-state index in [4.69, 9.17) is 9.47 Å². The largest absolute Gasteiger partial charge is 0.381 e. The number of nitrogens with zero attached hydrogens (tertiary/aromatic N) is 3. The van der Waals surface area contributed by atoms with Crippen molar-refractivity contribution < 1.29 is 9.47 Å². The Morgan fingerprint density at radius 1 is 1.27 bits per heavy atom. The molecule has 4 rings (SSSR count). The molecule has 22 heavy (non-hydrogen) atoms. The van der Waals surface area contributed by atoms with E-state index in [1.807, 2.05) is 12.5 Å². The van der Waals surface area contributed by atoms with Crippen LogP contribution < -0.4 is 0 Å². The van der Waals surface area contributed by atoms with Crippen LogP contribution in [0.2, 0.25) is 0 Å². The van der Waals surface area contributed by atoms with E-state index in [0.717, 1.165) is 38.7 Å². The van der Waals surface area contributed by atoms with Gasteiger partial charge in [0.25, 0.3) is 0 Å². The van der Waals surface area contributed by atoms with Gasteiger partial charge in [0, 0.05) is 45.1 Å². The van der Waals surface area contributed by atoms with Gasteiger partial charge in [0.15, 0.2) is 0 Å². The quantitative estimate of drug-likeness (QED) is 0.857. The van der Waals surface area contributed by atoms with E-state index in [2.05, 4.69) is 20.6 Å². The number of rotatable bonds is 3. The zero-order valence-electron chi connectivity index (χ0n) is 13.3. The zero-order chi connectivity index (χ0) is 14.8. The van der Waals surface area contributed by atoms with Crippen LogP contribution in [0.1, 0.15) is 38.1 Å². The molecule has 5 nitrogen and oxygen atoms in total. The van der Waals surface area contributed by atoms with Gasteiger partial charge in [0.05, 0.1) is 24.6 Å². The number of likely N-dealkylation sites (tertiary alicyclic amines) is 1. The molecule has 3 fully saturated rings. The van der Waals surface area contributed by atoms with E-state index in [1.54, 1.807) is 0 Å². The summed E-state index contributed by atoms with van der Waals surface area (Å²) < 4.78 is 14.0. The Morgan fingerprint density at radius 2 is 2.18 bits per heavy atom. The van der Waals surface area contributed by atoms with Crippen LogP contribution in [0.15, 0.2) is 18.7 Å². The van der Waals surface area contributed by atoms with Crippen molar-refractivity contribution in [1.29, 1.82) is 0 Å². The molecule has 0 radical (unpaired) electrons. The molecule has 0 N–H and O–H groups in total. The van der Waals surface area contributed by atoms with Gasteiger partial charge in [-0.05, 0) is 38.1 Å². The fraction of sp³-hybridized carbons (Fsp3) is 0.824. The lowest BCUT2D eigenvalue weighted by atomic mass is 9.87. The summed E-state index contributed by atoms with van der Waals surface area (Å²) in [4.78, 5) is 6.83. The van der Waals surface area contributed by atoms with Gasteiger partial charge < -0.3 is 18.9 Å². The SMILES string of the molecule is c1cn([C@@H]2CO[C@@]3(CCCN(CC4CCOCC4)C3)C2)cn1. The Labute approximate surface area is 132 Å². The van der Waals surface area contributed by atoms with E-state index >= 15 is 0 Å². The molecule has 4 heterocycles. The summed E-state index contributed by atoms with van der Waals surface area (Å²) >= 11 is 0. The summed E-state index contributed by atoms with van der Waals surface area (Å²) in [6.45, 7) is 6.30. The van der Waals surface area contributed by atoms with Gasteiger partial charge >= 0.3 is 0 Å². The number of ether oxygens (including phenoxy) is 2. The van der Waals surface area contributed by atoms with Crippen LogP contribution in [0.25, 0.3) is 0 Å². The van der Waals surface area contributed by atoms with Gasteiger partial charge in [-0.15, -0.1) is 0 Å². The number of aromatic nitrogens is 2. The Morgan fingerprint density at radius 3 is 3.00 bits per heavy atom. The number of hydrogen-bond acceptors (Lipinski definition) is 4. The fourth-order valence-electron chi connectivity index (χ4n) is 4.42. The highest BCUT2D eigenvalue weighted by molar-refractivity contribution is 4.98. The zero-order valence-corrected chi connectivity index (χ0v) is 13.3. The van der Waals surface area contributed by atoms with Crippen LogP contribution >= 0.6 is 0 Å². The van der Waals surface area contributed by atoms with Crippen molar-refractivity contribution in [3.05, 3.63) is 18.7 Å². The molecule has 0 aliphatic carbocycles. The molecule has 0 aromatic carbocycles. The Kier molecular flexibility index (Phi) is 4.20. The molecule has 0 bridgehead atoms. The molecule has 0 amide bonds. The third-order valence-corrected chi connectivity index (χ3v) is 5.61. The van der Waals surface area contributed by atoms with E-state index in [0.29, 0.717) is 6.04 Å². The minimum atomic E-state index is 0.0817. The number of hydrogen-bond donors (Lipinski definition) is 0. The van der Waals surface area contributed by atoms with Crippen LogP contribution in [0, 0.1) is 5.92 Å². The first kappa shape index (κ1) is 14.7. The molecule has 5 heteroatoms. The molecule has 3 aliphatic rings. The standard InChI is InChI=1S/C17H27N3O2/c1-4-17(10-16(12-22-17)20-7-5-18-14-20)13-19(6-1)11-15-2-8-21-9-3-15/h5,7,14-16H,1-4,6,8-13H2/t16-,17-/m0/s1. The second-order valence-electron chi connectivity index (χ2n) is 7.26. The first-order valence-electron chi connectivity index (χ1n) is 8.75. The lowest BCUT2D eigenvalue weighted by Crippen LogP contribution is -2.49. The van der Waals surface area contributed by atoms with Gasteiger partial charge in [-0.1, -0.05) is 0 Å². The maximum absolute atomic E-state index is 6.32. The molecule has 1 spiro atoms. The maximum atomic E-state index is 6.32. The average Bonchev–Trinajstić information content (AvgIpc) is 3.19. The van der Waals surface area contributed by atoms with Gasteiger partial charge in [0.2, 0.25) is 0 Å². The molecule has 0 unspecified atom stereocenters. The highest BCUT2D eigenvalue weighted by Gasteiger charge is 2.44. The lowest BCUT2D eigenvalue weighted by molar-refractivity contribution is -0.0581. The Hall–Kier alpha value is -0.910. The molecule has 122 valence electrons. The normalized spacial score (nSPS) is 34.5. The van der Waals surface area contributed by atoms with Gasteiger partial charge in [0.1, 0.15) is 0 Å². The van der Waals surface area contributed by atoms with Crippen molar-refractivity contribution in [1.82, 2.24) is 14.5 Å². The fourth-order valence-corrected chi connectivity index (χ4v) is 4.42.